The summed E-state index contributed by atoms with van der Waals surface area (Å²) in [4.78, 5) is 0. The van der Waals surface area contributed by atoms with Crippen molar-refractivity contribution in [1.82, 2.24) is 5.32 Å². The highest BCUT2D eigenvalue weighted by Crippen LogP contribution is 2.27. The van der Waals surface area contributed by atoms with Crippen LogP contribution in [0, 0.1) is 11.6 Å². The summed E-state index contributed by atoms with van der Waals surface area (Å²) in [6.07, 6.45) is 0.470. The lowest BCUT2D eigenvalue weighted by Gasteiger charge is -2.18. The second-order valence-corrected chi connectivity index (χ2v) is 5.12. The van der Waals surface area contributed by atoms with Gasteiger partial charge in [-0.2, -0.15) is 0 Å². The zero-order chi connectivity index (χ0) is 14.5. The Bertz CT molecular complexity index is 549. The Hall–Kier alpha value is -1.45. The molecule has 0 amide bonds. The van der Waals surface area contributed by atoms with Gasteiger partial charge in [0.15, 0.2) is 0 Å². The summed E-state index contributed by atoms with van der Waals surface area (Å²) in [6.45, 7) is 0.663. The van der Waals surface area contributed by atoms with E-state index in [9.17, 15) is 8.78 Å². The molecule has 0 aliphatic rings. The van der Waals surface area contributed by atoms with E-state index in [0.29, 0.717) is 23.6 Å². The third-order valence-electron chi connectivity index (χ3n) is 3.30. The largest absolute Gasteiger partial charge is 0.319 e. The van der Waals surface area contributed by atoms with Crippen LogP contribution < -0.4 is 5.32 Å². The first kappa shape index (κ1) is 14.9. The maximum atomic E-state index is 13.9. The number of rotatable bonds is 5. The van der Waals surface area contributed by atoms with Gasteiger partial charge in [-0.25, -0.2) is 8.78 Å². The standard InChI is InChI=1S/C16H16ClF2N/c1-20-10-12(11-5-7-13(18)8-6-11)9-14-15(17)3-2-4-16(14)19/h2-8,12,20H,9-10H2,1H3. The maximum absolute atomic E-state index is 13.9. The number of nitrogens with one attached hydrogen (secondary N) is 1. The van der Waals surface area contributed by atoms with Gasteiger partial charge in [-0.15, -0.1) is 0 Å². The van der Waals surface area contributed by atoms with Crippen LogP contribution in [-0.2, 0) is 6.42 Å². The molecule has 1 nitrogen and oxygen atoms in total. The molecule has 1 atom stereocenters. The molecule has 20 heavy (non-hydrogen) atoms. The van der Waals surface area contributed by atoms with E-state index in [1.54, 1.807) is 24.3 Å². The number of halogens is 3. The molecule has 0 radical (unpaired) electrons. The molecule has 2 rings (SSSR count). The fourth-order valence-electron chi connectivity index (χ4n) is 2.26. The fourth-order valence-corrected chi connectivity index (χ4v) is 2.50. The first-order chi connectivity index (χ1) is 9.61. The predicted molar refractivity (Wildman–Crippen MR) is 78.2 cm³/mol. The molecule has 2 aromatic rings. The van der Waals surface area contributed by atoms with Gasteiger partial charge in [0.25, 0.3) is 0 Å². The summed E-state index contributed by atoms with van der Waals surface area (Å²) in [5.41, 5.74) is 1.46. The fraction of sp³-hybridized carbons (Fsp3) is 0.250. The SMILES string of the molecule is CNCC(Cc1c(F)cccc1Cl)c1ccc(F)cc1. The molecule has 0 saturated heterocycles. The molecule has 1 N–H and O–H groups in total. The van der Waals surface area contributed by atoms with E-state index in [1.807, 2.05) is 7.05 Å². The summed E-state index contributed by atoms with van der Waals surface area (Å²) < 4.78 is 26.9. The first-order valence-corrected chi connectivity index (χ1v) is 6.82. The van der Waals surface area contributed by atoms with Crippen LogP contribution in [0.25, 0.3) is 0 Å². The average Bonchev–Trinajstić information content (AvgIpc) is 2.43. The molecule has 0 aliphatic heterocycles. The first-order valence-electron chi connectivity index (χ1n) is 6.44. The molecule has 0 fully saturated rings. The minimum atomic E-state index is -0.305. The third-order valence-corrected chi connectivity index (χ3v) is 3.66. The second-order valence-electron chi connectivity index (χ2n) is 4.71. The van der Waals surface area contributed by atoms with Gasteiger partial charge < -0.3 is 5.32 Å². The van der Waals surface area contributed by atoms with E-state index in [1.165, 1.54) is 18.2 Å². The molecule has 0 aliphatic carbocycles. The Morgan fingerprint density at radius 3 is 2.40 bits per heavy atom. The van der Waals surface area contributed by atoms with E-state index in [4.69, 9.17) is 11.6 Å². The van der Waals surface area contributed by atoms with Crippen molar-refractivity contribution < 1.29 is 8.78 Å². The van der Waals surface area contributed by atoms with Crippen LogP contribution in [0.2, 0.25) is 5.02 Å². The molecule has 1 unspecified atom stereocenters. The second kappa shape index (κ2) is 6.82. The number of likely N-dealkylation sites (N-methyl/N-ethyl adjacent to an activating group) is 1. The lowest BCUT2D eigenvalue weighted by Crippen LogP contribution is -2.19. The quantitative estimate of drug-likeness (QED) is 0.873. The molecular weight excluding hydrogens is 280 g/mol. The number of benzene rings is 2. The van der Waals surface area contributed by atoms with E-state index in [0.717, 1.165) is 5.56 Å². The van der Waals surface area contributed by atoms with Crippen LogP contribution in [0.15, 0.2) is 42.5 Å². The van der Waals surface area contributed by atoms with E-state index in [-0.39, 0.29) is 17.6 Å². The van der Waals surface area contributed by atoms with Gasteiger partial charge in [-0.05, 0) is 43.3 Å². The molecule has 0 aromatic heterocycles. The Labute approximate surface area is 122 Å². The van der Waals surface area contributed by atoms with Gasteiger partial charge in [0, 0.05) is 23.0 Å². The number of hydrogen-bond acceptors (Lipinski definition) is 1. The highest BCUT2D eigenvalue weighted by molar-refractivity contribution is 6.31. The monoisotopic (exact) mass is 295 g/mol. The van der Waals surface area contributed by atoms with Gasteiger partial charge in [0.05, 0.1) is 0 Å². The molecule has 0 spiro atoms. The van der Waals surface area contributed by atoms with Gasteiger partial charge in [-0.1, -0.05) is 29.8 Å². The van der Waals surface area contributed by atoms with Crippen molar-refractivity contribution in [1.29, 1.82) is 0 Å². The molecule has 0 saturated carbocycles. The normalized spacial score (nSPS) is 12.4. The molecule has 2 aromatic carbocycles. The Morgan fingerprint density at radius 2 is 1.80 bits per heavy atom. The van der Waals surface area contributed by atoms with E-state index in [2.05, 4.69) is 5.32 Å². The van der Waals surface area contributed by atoms with E-state index < -0.39 is 0 Å². The zero-order valence-corrected chi connectivity index (χ0v) is 11.9. The van der Waals surface area contributed by atoms with Crippen molar-refractivity contribution >= 4 is 11.6 Å². The topological polar surface area (TPSA) is 12.0 Å². The van der Waals surface area contributed by atoms with Crippen LogP contribution >= 0.6 is 11.6 Å². The third kappa shape index (κ3) is 3.56. The van der Waals surface area contributed by atoms with Gasteiger partial charge in [0.1, 0.15) is 11.6 Å². The van der Waals surface area contributed by atoms with Crippen LogP contribution in [0.1, 0.15) is 17.0 Å². The summed E-state index contributed by atoms with van der Waals surface area (Å²) in [7, 11) is 1.83. The molecular formula is C16H16ClF2N. The Kier molecular flexibility index (Phi) is 5.10. The average molecular weight is 296 g/mol. The van der Waals surface area contributed by atoms with Crippen molar-refractivity contribution in [3.63, 3.8) is 0 Å². The van der Waals surface area contributed by atoms with Gasteiger partial charge >= 0.3 is 0 Å². The highest BCUT2D eigenvalue weighted by atomic mass is 35.5. The summed E-state index contributed by atoms with van der Waals surface area (Å²) >= 11 is 6.07. The van der Waals surface area contributed by atoms with Crippen LogP contribution in [-0.4, -0.2) is 13.6 Å². The summed E-state index contributed by atoms with van der Waals surface area (Å²) in [5.74, 6) is -0.545. The zero-order valence-electron chi connectivity index (χ0n) is 11.2. The molecule has 0 bridgehead atoms. The van der Waals surface area contributed by atoms with Crippen molar-refractivity contribution in [2.24, 2.45) is 0 Å². The highest BCUT2D eigenvalue weighted by Gasteiger charge is 2.16. The maximum Gasteiger partial charge on any atom is 0.127 e. The lowest BCUT2D eigenvalue weighted by atomic mass is 9.91. The minimum Gasteiger partial charge on any atom is -0.319 e. The summed E-state index contributed by atoms with van der Waals surface area (Å²) in [5, 5.41) is 3.51. The minimum absolute atomic E-state index is 0.0370. The smallest absolute Gasteiger partial charge is 0.127 e. The molecule has 0 heterocycles. The lowest BCUT2D eigenvalue weighted by molar-refractivity contribution is 0.573. The van der Waals surface area contributed by atoms with Crippen molar-refractivity contribution in [3.05, 3.63) is 70.2 Å². The van der Waals surface area contributed by atoms with Gasteiger partial charge in [-0.3, -0.25) is 0 Å². The Balaban J connectivity index is 2.28. The van der Waals surface area contributed by atoms with Crippen LogP contribution in [0.4, 0.5) is 8.78 Å². The van der Waals surface area contributed by atoms with E-state index >= 15 is 0 Å². The van der Waals surface area contributed by atoms with Crippen LogP contribution in [0.3, 0.4) is 0 Å². The molecule has 4 heteroatoms. The van der Waals surface area contributed by atoms with Crippen molar-refractivity contribution in [2.75, 3.05) is 13.6 Å². The van der Waals surface area contributed by atoms with Crippen LogP contribution in [0.5, 0.6) is 0 Å². The Morgan fingerprint density at radius 1 is 1.10 bits per heavy atom. The van der Waals surface area contributed by atoms with Crippen molar-refractivity contribution in [3.8, 4) is 0 Å². The summed E-state index contributed by atoms with van der Waals surface area (Å²) in [6, 6.07) is 11.0. The van der Waals surface area contributed by atoms with Crippen molar-refractivity contribution in [2.45, 2.75) is 12.3 Å². The molecule has 106 valence electrons. The predicted octanol–water partition coefficient (Wildman–Crippen LogP) is 4.16. The number of hydrogen-bond donors (Lipinski definition) is 1. The van der Waals surface area contributed by atoms with Gasteiger partial charge in [0.2, 0.25) is 0 Å².